The summed E-state index contributed by atoms with van der Waals surface area (Å²) in [5, 5.41) is 11.3. The van der Waals surface area contributed by atoms with Gasteiger partial charge >= 0.3 is 0 Å². The van der Waals surface area contributed by atoms with Crippen molar-refractivity contribution in [2.75, 3.05) is 13.1 Å². The zero-order chi connectivity index (χ0) is 16.4. The van der Waals surface area contributed by atoms with Crippen molar-refractivity contribution >= 4 is 0 Å². The maximum Gasteiger partial charge on any atom is 0.233 e. The lowest BCUT2D eigenvalue weighted by molar-refractivity contribution is -0.521. The van der Waals surface area contributed by atoms with Crippen molar-refractivity contribution in [1.82, 2.24) is 4.90 Å². The molecule has 2 atom stereocenters. The van der Waals surface area contributed by atoms with Crippen molar-refractivity contribution in [2.24, 2.45) is 0 Å². The molecule has 2 aromatic rings. The van der Waals surface area contributed by atoms with Gasteiger partial charge in [-0.2, -0.15) is 0 Å². The highest BCUT2D eigenvalue weighted by Gasteiger charge is 2.43. The number of hydrogen-bond acceptors (Lipinski definition) is 3. The molecule has 0 aliphatic carbocycles. The third-order valence-corrected chi connectivity index (χ3v) is 4.24. The number of nitro groups is 1. The summed E-state index contributed by atoms with van der Waals surface area (Å²) in [5.74, 6) is -1.82. The normalized spacial score (nSPS) is 21.5. The van der Waals surface area contributed by atoms with E-state index in [-0.39, 0.29) is 17.0 Å². The first-order chi connectivity index (χ1) is 11.0. The van der Waals surface area contributed by atoms with Gasteiger partial charge in [0.1, 0.15) is 11.6 Å². The number of halogens is 2. The van der Waals surface area contributed by atoms with Gasteiger partial charge in [0.05, 0.1) is 12.5 Å². The van der Waals surface area contributed by atoms with Crippen LogP contribution in [0.5, 0.6) is 0 Å². The molecular formula is C17H16F2N2O2. The molecule has 1 aliphatic rings. The quantitative estimate of drug-likeness (QED) is 0.642. The van der Waals surface area contributed by atoms with Crippen LogP contribution >= 0.6 is 0 Å². The first-order valence-corrected chi connectivity index (χ1v) is 7.39. The van der Waals surface area contributed by atoms with Crippen LogP contribution in [-0.4, -0.2) is 29.0 Å². The van der Waals surface area contributed by atoms with Gasteiger partial charge in [0.2, 0.25) is 6.04 Å². The third kappa shape index (κ3) is 3.37. The van der Waals surface area contributed by atoms with E-state index < -0.39 is 23.6 Å². The van der Waals surface area contributed by atoms with Crippen molar-refractivity contribution in [3.63, 3.8) is 0 Å². The standard InChI is InChI=1S/C17H16F2N2O2/c18-13-6-7-16(19)14(8-13)15-10-20(11-17(15)21(22)23)9-12-4-2-1-3-5-12/h1-8,15,17H,9-11H2. The van der Waals surface area contributed by atoms with Gasteiger partial charge in [-0.1, -0.05) is 30.3 Å². The van der Waals surface area contributed by atoms with Crippen LogP contribution in [0.2, 0.25) is 0 Å². The predicted molar refractivity (Wildman–Crippen MR) is 81.6 cm³/mol. The summed E-state index contributed by atoms with van der Waals surface area (Å²) in [5.41, 5.74) is 1.12. The maximum atomic E-state index is 14.0. The molecule has 1 aliphatic heterocycles. The Bertz CT molecular complexity index is 709. The van der Waals surface area contributed by atoms with Crippen molar-refractivity contribution in [3.8, 4) is 0 Å². The van der Waals surface area contributed by atoms with Crippen LogP contribution in [0.25, 0.3) is 0 Å². The summed E-state index contributed by atoms with van der Waals surface area (Å²) >= 11 is 0. The molecule has 2 aromatic carbocycles. The Balaban J connectivity index is 1.84. The molecule has 1 heterocycles. The van der Waals surface area contributed by atoms with Gasteiger partial charge in [-0.3, -0.25) is 15.0 Å². The number of hydrogen-bond donors (Lipinski definition) is 0. The fourth-order valence-electron chi connectivity index (χ4n) is 3.15. The number of nitrogens with zero attached hydrogens (tertiary/aromatic N) is 2. The van der Waals surface area contributed by atoms with Crippen molar-refractivity contribution in [3.05, 3.63) is 81.4 Å². The minimum atomic E-state index is -0.935. The highest BCUT2D eigenvalue weighted by molar-refractivity contribution is 5.26. The Labute approximate surface area is 132 Å². The largest absolute Gasteiger partial charge is 0.292 e. The summed E-state index contributed by atoms with van der Waals surface area (Å²) in [6, 6.07) is 11.8. The zero-order valence-electron chi connectivity index (χ0n) is 12.4. The van der Waals surface area contributed by atoms with Gasteiger partial charge in [0.25, 0.3) is 0 Å². The SMILES string of the molecule is O=[N+]([O-])C1CN(Cc2ccccc2)CC1c1cc(F)ccc1F. The van der Waals surface area contributed by atoms with Crippen molar-refractivity contribution in [2.45, 2.75) is 18.5 Å². The highest BCUT2D eigenvalue weighted by atomic mass is 19.1. The molecule has 0 N–H and O–H groups in total. The lowest BCUT2D eigenvalue weighted by Crippen LogP contribution is -2.28. The van der Waals surface area contributed by atoms with E-state index in [1.807, 2.05) is 35.2 Å². The van der Waals surface area contributed by atoms with E-state index in [1.54, 1.807) is 0 Å². The Kier molecular flexibility index (Phi) is 4.34. The topological polar surface area (TPSA) is 46.4 Å². The highest BCUT2D eigenvalue weighted by Crippen LogP contribution is 2.32. The number of rotatable bonds is 4. The molecule has 120 valence electrons. The van der Waals surface area contributed by atoms with E-state index in [9.17, 15) is 18.9 Å². The Morgan fingerprint density at radius 3 is 2.57 bits per heavy atom. The minimum absolute atomic E-state index is 0.0854. The Hall–Kier alpha value is -2.34. The fraction of sp³-hybridized carbons (Fsp3) is 0.294. The molecule has 3 rings (SSSR count). The van der Waals surface area contributed by atoms with Crippen LogP contribution in [0.1, 0.15) is 17.0 Å². The molecule has 0 bridgehead atoms. The van der Waals surface area contributed by atoms with Crippen molar-refractivity contribution in [1.29, 1.82) is 0 Å². The van der Waals surface area contributed by atoms with Crippen LogP contribution in [0.4, 0.5) is 8.78 Å². The minimum Gasteiger partial charge on any atom is -0.292 e. The zero-order valence-corrected chi connectivity index (χ0v) is 12.4. The monoisotopic (exact) mass is 318 g/mol. The molecule has 1 fully saturated rings. The van der Waals surface area contributed by atoms with Gasteiger partial charge in [0.15, 0.2) is 0 Å². The summed E-state index contributed by atoms with van der Waals surface area (Å²) in [7, 11) is 0. The van der Waals surface area contributed by atoms with Gasteiger partial charge in [-0.15, -0.1) is 0 Å². The second-order valence-electron chi connectivity index (χ2n) is 5.80. The maximum absolute atomic E-state index is 14.0. The molecule has 0 aromatic heterocycles. The number of likely N-dealkylation sites (tertiary alicyclic amines) is 1. The first kappa shape index (κ1) is 15.6. The van der Waals surface area contributed by atoms with Gasteiger partial charge < -0.3 is 0 Å². The second-order valence-corrected chi connectivity index (χ2v) is 5.80. The average molecular weight is 318 g/mol. The molecule has 0 spiro atoms. The molecule has 0 amide bonds. The summed E-state index contributed by atoms with van der Waals surface area (Å²) in [6.07, 6.45) is 0. The smallest absolute Gasteiger partial charge is 0.233 e. The Morgan fingerprint density at radius 2 is 1.87 bits per heavy atom. The molecule has 0 radical (unpaired) electrons. The summed E-state index contributed by atoms with van der Waals surface area (Å²) in [6.45, 7) is 1.11. The van der Waals surface area contributed by atoms with E-state index in [4.69, 9.17) is 0 Å². The van der Waals surface area contributed by atoms with Crippen molar-refractivity contribution < 1.29 is 13.7 Å². The average Bonchev–Trinajstić information content (AvgIpc) is 2.94. The van der Waals surface area contributed by atoms with E-state index in [0.717, 1.165) is 23.8 Å². The van der Waals surface area contributed by atoms with Crippen LogP contribution in [0.15, 0.2) is 48.5 Å². The third-order valence-electron chi connectivity index (χ3n) is 4.24. The second kappa shape index (κ2) is 6.42. The molecule has 4 nitrogen and oxygen atoms in total. The van der Waals surface area contributed by atoms with E-state index in [0.29, 0.717) is 13.1 Å². The van der Waals surface area contributed by atoms with E-state index in [2.05, 4.69) is 0 Å². The van der Waals surface area contributed by atoms with Gasteiger partial charge in [-0.05, 0) is 23.8 Å². The van der Waals surface area contributed by atoms with Crippen LogP contribution in [0, 0.1) is 21.7 Å². The Morgan fingerprint density at radius 1 is 1.13 bits per heavy atom. The van der Waals surface area contributed by atoms with Crippen LogP contribution in [0.3, 0.4) is 0 Å². The predicted octanol–water partition coefficient (Wildman–Crippen LogP) is 3.21. The van der Waals surface area contributed by atoms with Gasteiger partial charge in [0, 0.05) is 23.6 Å². The first-order valence-electron chi connectivity index (χ1n) is 7.39. The van der Waals surface area contributed by atoms with E-state index in [1.165, 1.54) is 0 Å². The van der Waals surface area contributed by atoms with Crippen LogP contribution < -0.4 is 0 Å². The molecule has 23 heavy (non-hydrogen) atoms. The summed E-state index contributed by atoms with van der Waals surface area (Å²) < 4.78 is 27.4. The van der Waals surface area contributed by atoms with Crippen LogP contribution in [-0.2, 0) is 6.54 Å². The molecule has 1 saturated heterocycles. The molecule has 6 heteroatoms. The molecule has 0 saturated carbocycles. The number of benzene rings is 2. The molecular weight excluding hydrogens is 302 g/mol. The molecule has 2 unspecified atom stereocenters. The lowest BCUT2D eigenvalue weighted by Gasteiger charge is -2.15. The fourth-order valence-corrected chi connectivity index (χ4v) is 3.15. The van der Waals surface area contributed by atoms with E-state index >= 15 is 0 Å². The summed E-state index contributed by atoms with van der Waals surface area (Å²) in [4.78, 5) is 12.9. The van der Waals surface area contributed by atoms with Gasteiger partial charge in [-0.25, -0.2) is 8.78 Å². The lowest BCUT2D eigenvalue weighted by atomic mass is 9.94.